The van der Waals surface area contributed by atoms with Gasteiger partial charge in [0.2, 0.25) is 0 Å². The van der Waals surface area contributed by atoms with E-state index < -0.39 is 0 Å². The summed E-state index contributed by atoms with van der Waals surface area (Å²) in [7, 11) is 0. The fourth-order valence-electron chi connectivity index (χ4n) is 3.59. The lowest BCUT2D eigenvalue weighted by Crippen LogP contribution is -2.49. The summed E-state index contributed by atoms with van der Waals surface area (Å²) < 4.78 is 0. The molecule has 1 heterocycles. The Bertz CT molecular complexity index is 471. The van der Waals surface area contributed by atoms with E-state index in [9.17, 15) is 0 Å². The first-order valence-electron chi connectivity index (χ1n) is 8.07. The molecule has 1 saturated carbocycles. The van der Waals surface area contributed by atoms with Crippen molar-refractivity contribution in [1.29, 1.82) is 0 Å². The minimum Gasteiger partial charge on any atom is -0.389 e. The third kappa shape index (κ3) is 3.82. The van der Waals surface area contributed by atoms with Crippen LogP contribution in [0.4, 0.5) is 0 Å². The zero-order valence-corrected chi connectivity index (χ0v) is 13.4. The average molecular weight is 303 g/mol. The molecule has 0 bridgehead atoms. The number of nitrogens with zero attached hydrogens (tertiary/aromatic N) is 2. The summed E-state index contributed by atoms with van der Waals surface area (Å²) >= 11 is 4.99. The molecule has 0 atom stereocenters. The quantitative estimate of drug-likeness (QED) is 0.866. The van der Waals surface area contributed by atoms with E-state index in [-0.39, 0.29) is 0 Å². The van der Waals surface area contributed by atoms with E-state index in [1.54, 1.807) is 0 Å². The lowest BCUT2D eigenvalue weighted by Gasteiger charge is -2.38. The Hall–Kier alpha value is -0.970. The van der Waals surface area contributed by atoms with Gasteiger partial charge in [0.25, 0.3) is 0 Å². The molecule has 1 aromatic rings. The highest BCUT2D eigenvalue weighted by Crippen LogP contribution is 2.24. The fourth-order valence-corrected chi connectivity index (χ4v) is 3.72. The van der Waals surface area contributed by atoms with Crippen LogP contribution in [0.5, 0.6) is 0 Å². The van der Waals surface area contributed by atoms with Gasteiger partial charge in [-0.3, -0.25) is 9.80 Å². The first kappa shape index (κ1) is 14.9. The van der Waals surface area contributed by atoms with Crippen LogP contribution in [-0.2, 0) is 6.54 Å². The fraction of sp³-hybridized carbons (Fsp3) is 0.588. The van der Waals surface area contributed by atoms with Crippen molar-refractivity contribution in [1.82, 2.24) is 9.80 Å². The summed E-state index contributed by atoms with van der Waals surface area (Å²) in [5.74, 6) is 0. The number of thiocarbonyl (C=S) groups is 1. The van der Waals surface area contributed by atoms with Gasteiger partial charge in [-0.25, -0.2) is 0 Å². The highest BCUT2D eigenvalue weighted by atomic mass is 32.1. The standard InChI is InChI=1S/C17H25N3S/c18-17(21)15-7-5-14(6-8-15)13-19-9-11-20(12-10-19)16-3-1-2-4-16/h5-8,16H,1-4,9-13H2,(H2,18,21). The Morgan fingerprint density at radius 1 is 1.05 bits per heavy atom. The van der Waals surface area contributed by atoms with Crippen LogP contribution in [0.3, 0.4) is 0 Å². The van der Waals surface area contributed by atoms with Crippen molar-refractivity contribution in [2.24, 2.45) is 5.73 Å². The second kappa shape index (κ2) is 6.86. The molecule has 0 unspecified atom stereocenters. The molecule has 0 radical (unpaired) electrons. The largest absolute Gasteiger partial charge is 0.389 e. The lowest BCUT2D eigenvalue weighted by molar-refractivity contribution is 0.0937. The van der Waals surface area contributed by atoms with E-state index in [2.05, 4.69) is 21.9 Å². The van der Waals surface area contributed by atoms with Gasteiger partial charge in [-0.15, -0.1) is 0 Å². The second-order valence-corrected chi connectivity index (χ2v) is 6.75. The van der Waals surface area contributed by atoms with Crippen molar-refractivity contribution < 1.29 is 0 Å². The highest BCUT2D eigenvalue weighted by molar-refractivity contribution is 7.80. The van der Waals surface area contributed by atoms with E-state index in [0.717, 1.165) is 18.2 Å². The number of piperazine rings is 1. The summed E-state index contributed by atoms with van der Waals surface area (Å²) in [6.45, 7) is 5.88. The van der Waals surface area contributed by atoms with Gasteiger partial charge in [-0.2, -0.15) is 0 Å². The maximum Gasteiger partial charge on any atom is 0.103 e. The Morgan fingerprint density at radius 2 is 1.67 bits per heavy atom. The number of hydrogen-bond donors (Lipinski definition) is 1. The molecule has 1 aromatic carbocycles. The normalized spacial score (nSPS) is 21.7. The van der Waals surface area contributed by atoms with Crippen LogP contribution in [0, 0.1) is 0 Å². The van der Waals surface area contributed by atoms with Crippen molar-refractivity contribution in [2.75, 3.05) is 26.2 Å². The van der Waals surface area contributed by atoms with Gasteiger partial charge in [0.05, 0.1) is 0 Å². The molecule has 1 aliphatic heterocycles. The van der Waals surface area contributed by atoms with Gasteiger partial charge in [-0.05, 0) is 18.4 Å². The van der Waals surface area contributed by atoms with Gasteiger partial charge in [-0.1, -0.05) is 49.3 Å². The molecular weight excluding hydrogens is 278 g/mol. The van der Waals surface area contributed by atoms with Crippen molar-refractivity contribution in [3.05, 3.63) is 35.4 Å². The van der Waals surface area contributed by atoms with Gasteiger partial charge < -0.3 is 5.73 Å². The molecule has 2 N–H and O–H groups in total. The van der Waals surface area contributed by atoms with E-state index in [1.165, 1.54) is 57.4 Å². The van der Waals surface area contributed by atoms with E-state index >= 15 is 0 Å². The molecule has 0 amide bonds. The topological polar surface area (TPSA) is 32.5 Å². The minimum absolute atomic E-state index is 0.478. The van der Waals surface area contributed by atoms with Crippen LogP contribution < -0.4 is 5.73 Å². The van der Waals surface area contributed by atoms with Crippen molar-refractivity contribution in [2.45, 2.75) is 38.3 Å². The van der Waals surface area contributed by atoms with Crippen LogP contribution in [0.15, 0.2) is 24.3 Å². The maximum absolute atomic E-state index is 5.64. The molecule has 2 fully saturated rings. The summed E-state index contributed by atoms with van der Waals surface area (Å²) in [5, 5.41) is 0. The highest BCUT2D eigenvalue weighted by Gasteiger charge is 2.25. The summed E-state index contributed by atoms with van der Waals surface area (Å²) in [6.07, 6.45) is 5.70. The van der Waals surface area contributed by atoms with Crippen LogP contribution >= 0.6 is 12.2 Å². The third-order valence-electron chi connectivity index (χ3n) is 4.89. The molecular formula is C17H25N3S. The SMILES string of the molecule is NC(=S)c1ccc(CN2CCN(C3CCCC3)CC2)cc1. The van der Waals surface area contributed by atoms with Gasteiger partial charge in [0.1, 0.15) is 4.99 Å². The maximum atomic E-state index is 5.64. The van der Waals surface area contributed by atoms with Crippen molar-refractivity contribution in [3.63, 3.8) is 0 Å². The number of benzene rings is 1. The molecule has 114 valence electrons. The van der Waals surface area contributed by atoms with Gasteiger partial charge in [0, 0.05) is 44.3 Å². The second-order valence-electron chi connectivity index (χ2n) is 6.31. The van der Waals surface area contributed by atoms with Crippen LogP contribution in [0.25, 0.3) is 0 Å². The van der Waals surface area contributed by atoms with Crippen molar-refractivity contribution >= 4 is 17.2 Å². The van der Waals surface area contributed by atoms with E-state index in [4.69, 9.17) is 18.0 Å². The minimum atomic E-state index is 0.478. The predicted molar refractivity (Wildman–Crippen MR) is 91.4 cm³/mol. The number of hydrogen-bond acceptors (Lipinski definition) is 3. The van der Waals surface area contributed by atoms with E-state index in [0.29, 0.717) is 4.99 Å². The molecule has 21 heavy (non-hydrogen) atoms. The lowest BCUT2D eigenvalue weighted by atomic mass is 10.1. The Balaban J connectivity index is 1.49. The molecule has 0 spiro atoms. The molecule has 0 aromatic heterocycles. The first-order valence-corrected chi connectivity index (χ1v) is 8.48. The molecule has 3 nitrogen and oxygen atoms in total. The first-order chi connectivity index (χ1) is 10.2. The Kier molecular flexibility index (Phi) is 4.88. The molecule has 4 heteroatoms. The predicted octanol–water partition coefficient (Wildman–Crippen LogP) is 2.38. The van der Waals surface area contributed by atoms with Crippen LogP contribution in [0.1, 0.15) is 36.8 Å². The Morgan fingerprint density at radius 3 is 2.24 bits per heavy atom. The zero-order valence-electron chi connectivity index (χ0n) is 12.6. The summed E-state index contributed by atoms with van der Waals surface area (Å²) in [5.41, 5.74) is 7.95. The van der Waals surface area contributed by atoms with Crippen LogP contribution in [-0.4, -0.2) is 47.0 Å². The van der Waals surface area contributed by atoms with Crippen LogP contribution in [0.2, 0.25) is 0 Å². The monoisotopic (exact) mass is 303 g/mol. The molecule has 1 aliphatic carbocycles. The number of nitrogens with two attached hydrogens (primary N) is 1. The van der Waals surface area contributed by atoms with Gasteiger partial charge in [0.15, 0.2) is 0 Å². The molecule has 1 saturated heterocycles. The summed E-state index contributed by atoms with van der Waals surface area (Å²) in [6, 6.07) is 9.24. The molecule has 3 rings (SSSR count). The zero-order chi connectivity index (χ0) is 14.7. The molecule has 2 aliphatic rings. The van der Waals surface area contributed by atoms with E-state index in [1.807, 2.05) is 12.1 Å². The average Bonchev–Trinajstić information content (AvgIpc) is 3.03. The third-order valence-corrected chi connectivity index (χ3v) is 5.13. The smallest absolute Gasteiger partial charge is 0.103 e. The van der Waals surface area contributed by atoms with Gasteiger partial charge >= 0.3 is 0 Å². The summed E-state index contributed by atoms with van der Waals surface area (Å²) in [4.78, 5) is 5.74. The van der Waals surface area contributed by atoms with Crippen molar-refractivity contribution in [3.8, 4) is 0 Å². The Labute approximate surface area is 133 Å². The number of rotatable bonds is 4.